The summed E-state index contributed by atoms with van der Waals surface area (Å²) in [4.78, 5) is 8.12. The zero-order valence-corrected chi connectivity index (χ0v) is 11.6. The van der Waals surface area contributed by atoms with Crippen LogP contribution in [-0.4, -0.2) is 23.6 Å². The molecule has 1 aromatic heterocycles. The van der Waals surface area contributed by atoms with Crippen molar-refractivity contribution in [1.29, 1.82) is 0 Å². The number of sulfone groups is 1. The van der Waals surface area contributed by atoms with Crippen LogP contribution in [0.5, 0.6) is 0 Å². The number of hydrogen-bond acceptors (Lipinski definition) is 5. The molecule has 0 amide bonds. The van der Waals surface area contributed by atoms with Crippen molar-refractivity contribution in [2.75, 3.05) is 5.32 Å². The van der Waals surface area contributed by atoms with Crippen molar-refractivity contribution in [2.45, 2.75) is 24.0 Å². The monoisotopic (exact) mass is 277 g/mol. The summed E-state index contributed by atoms with van der Waals surface area (Å²) in [6.07, 6.45) is 3.00. The molecule has 19 heavy (non-hydrogen) atoms. The Morgan fingerprint density at radius 3 is 2.53 bits per heavy atom. The second kappa shape index (κ2) is 5.36. The van der Waals surface area contributed by atoms with Crippen LogP contribution in [0.4, 0.5) is 11.5 Å². The van der Waals surface area contributed by atoms with Crippen molar-refractivity contribution in [2.24, 2.45) is 0 Å². The summed E-state index contributed by atoms with van der Waals surface area (Å²) in [5.74, 6) is 0.557. The summed E-state index contributed by atoms with van der Waals surface area (Å²) in [5.41, 5.74) is 0.523. The van der Waals surface area contributed by atoms with Gasteiger partial charge in [0, 0.05) is 6.20 Å². The van der Waals surface area contributed by atoms with E-state index in [1.807, 2.05) is 0 Å². The van der Waals surface area contributed by atoms with E-state index in [0.717, 1.165) is 0 Å². The smallest absolute Gasteiger partial charge is 0.182 e. The second-order valence-corrected chi connectivity index (χ2v) is 6.78. The fourth-order valence-electron chi connectivity index (χ4n) is 1.57. The Bertz CT molecular complexity index is 655. The van der Waals surface area contributed by atoms with Crippen LogP contribution in [0.15, 0.2) is 47.8 Å². The van der Waals surface area contributed by atoms with Crippen LogP contribution in [0.3, 0.4) is 0 Å². The number of para-hydroxylation sites is 1. The molecule has 5 nitrogen and oxygen atoms in total. The van der Waals surface area contributed by atoms with Crippen LogP contribution in [0.25, 0.3) is 0 Å². The number of aromatic nitrogens is 2. The van der Waals surface area contributed by atoms with Gasteiger partial charge < -0.3 is 5.32 Å². The van der Waals surface area contributed by atoms with E-state index in [4.69, 9.17) is 0 Å². The molecule has 1 aromatic carbocycles. The van der Waals surface area contributed by atoms with Gasteiger partial charge in [-0.2, -0.15) is 0 Å². The minimum absolute atomic E-state index is 0.281. The summed E-state index contributed by atoms with van der Waals surface area (Å²) in [6, 6.07) is 8.48. The van der Waals surface area contributed by atoms with Crippen molar-refractivity contribution in [3.8, 4) is 0 Å². The first-order valence-corrected chi connectivity index (χ1v) is 7.42. The van der Waals surface area contributed by atoms with Crippen molar-refractivity contribution >= 4 is 21.3 Å². The minimum atomic E-state index is -3.33. The fraction of sp³-hybridized carbons (Fsp3) is 0.231. The van der Waals surface area contributed by atoms with E-state index in [2.05, 4.69) is 15.3 Å². The first-order chi connectivity index (χ1) is 9.01. The van der Waals surface area contributed by atoms with E-state index < -0.39 is 15.1 Å². The number of nitrogens with one attached hydrogen (secondary N) is 1. The van der Waals surface area contributed by atoms with Gasteiger partial charge in [0.1, 0.15) is 12.1 Å². The lowest BCUT2D eigenvalue weighted by Gasteiger charge is -2.13. The summed E-state index contributed by atoms with van der Waals surface area (Å²) in [7, 11) is -3.33. The third kappa shape index (κ3) is 2.90. The quantitative estimate of drug-likeness (QED) is 0.929. The van der Waals surface area contributed by atoms with Gasteiger partial charge in [0.25, 0.3) is 0 Å². The molecular weight excluding hydrogens is 262 g/mol. The van der Waals surface area contributed by atoms with Gasteiger partial charge in [-0.3, -0.25) is 0 Å². The average Bonchev–Trinajstić information content (AvgIpc) is 2.40. The summed E-state index contributed by atoms with van der Waals surface area (Å²) in [6.45, 7) is 3.33. The van der Waals surface area contributed by atoms with E-state index in [1.54, 1.807) is 50.4 Å². The maximum absolute atomic E-state index is 12.3. The first-order valence-electron chi connectivity index (χ1n) is 5.88. The van der Waals surface area contributed by atoms with E-state index >= 15 is 0 Å². The highest BCUT2D eigenvalue weighted by atomic mass is 32.2. The Morgan fingerprint density at radius 2 is 1.89 bits per heavy atom. The molecule has 0 saturated carbocycles. The summed E-state index contributed by atoms with van der Waals surface area (Å²) in [5, 5.41) is 2.53. The van der Waals surface area contributed by atoms with Crippen LogP contribution >= 0.6 is 0 Å². The fourth-order valence-corrected chi connectivity index (χ4v) is 2.78. The van der Waals surface area contributed by atoms with Crippen molar-refractivity contribution in [3.63, 3.8) is 0 Å². The lowest BCUT2D eigenvalue weighted by atomic mass is 10.3. The Kier molecular flexibility index (Phi) is 3.80. The maximum Gasteiger partial charge on any atom is 0.182 e. The molecule has 6 heteroatoms. The van der Waals surface area contributed by atoms with Crippen LogP contribution in [0.2, 0.25) is 0 Å². The molecule has 1 heterocycles. The first kappa shape index (κ1) is 13.5. The number of hydrogen-bond donors (Lipinski definition) is 1. The van der Waals surface area contributed by atoms with Crippen molar-refractivity contribution in [1.82, 2.24) is 9.97 Å². The molecule has 2 rings (SSSR count). The van der Waals surface area contributed by atoms with Crippen molar-refractivity contribution < 1.29 is 8.42 Å². The van der Waals surface area contributed by atoms with E-state index in [-0.39, 0.29) is 4.90 Å². The standard InChI is InChI=1S/C13H15N3O2S/c1-10(2)19(17,18)12-6-4-3-5-11(12)16-13-7-8-14-9-15-13/h3-10H,1-2H3,(H,14,15,16). The molecule has 0 aliphatic carbocycles. The van der Waals surface area contributed by atoms with Gasteiger partial charge in [-0.1, -0.05) is 12.1 Å². The predicted molar refractivity (Wildman–Crippen MR) is 74.1 cm³/mol. The van der Waals surface area contributed by atoms with E-state index in [1.165, 1.54) is 6.33 Å². The molecule has 100 valence electrons. The number of benzene rings is 1. The molecule has 0 spiro atoms. The Balaban J connectivity index is 2.43. The highest BCUT2D eigenvalue weighted by molar-refractivity contribution is 7.92. The van der Waals surface area contributed by atoms with Gasteiger partial charge in [0.15, 0.2) is 9.84 Å². The van der Waals surface area contributed by atoms with E-state index in [9.17, 15) is 8.42 Å². The van der Waals surface area contributed by atoms with Crippen molar-refractivity contribution in [3.05, 3.63) is 42.9 Å². The van der Waals surface area contributed by atoms with Gasteiger partial charge in [-0.25, -0.2) is 18.4 Å². The molecule has 2 aromatic rings. The normalized spacial score (nSPS) is 11.5. The molecule has 1 N–H and O–H groups in total. The zero-order chi connectivity index (χ0) is 13.9. The Labute approximate surface area is 112 Å². The van der Waals surface area contributed by atoms with Gasteiger partial charge in [0.2, 0.25) is 0 Å². The van der Waals surface area contributed by atoms with Gasteiger partial charge in [0.05, 0.1) is 15.8 Å². The molecule has 0 radical (unpaired) electrons. The highest BCUT2D eigenvalue weighted by Crippen LogP contribution is 2.26. The van der Waals surface area contributed by atoms with Crippen LogP contribution in [0, 0.1) is 0 Å². The molecular formula is C13H15N3O2S. The zero-order valence-electron chi connectivity index (χ0n) is 10.7. The second-order valence-electron chi connectivity index (χ2n) is 4.31. The maximum atomic E-state index is 12.3. The molecule has 0 atom stereocenters. The third-order valence-electron chi connectivity index (χ3n) is 2.66. The topological polar surface area (TPSA) is 72.0 Å². The predicted octanol–water partition coefficient (Wildman–Crippen LogP) is 2.40. The third-order valence-corrected chi connectivity index (χ3v) is 4.87. The van der Waals surface area contributed by atoms with Gasteiger partial charge >= 0.3 is 0 Å². The molecule has 0 fully saturated rings. The molecule has 0 aliphatic rings. The number of anilines is 2. The average molecular weight is 277 g/mol. The largest absolute Gasteiger partial charge is 0.339 e. The molecule has 0 aliphatic heterocycles. The molecule has 0 bridgehead atoms. The van der Waals surface area contributed by atoms with Gasteiger partial charge in [-0.05, 0) is 32.0 Å². The van der Waals surface area contributed by atoms with Crippen LogP contribution < -0.4 is 5.32 Å². The number of rotatable bonds is 4. The molecule has 0 saturated heterocycles. The number of nitrogens with zero attached hydrogens (tertiary/aromatic N) is 2. The SMILES string of the molecule is CC(C)S(=O)(=O)c1ccccc1Nc1ccncn1. The van der Waals surface area contributed by atoms with Crippen LogP contribution in [0.1, 0.15) is 13.8 Å². The molecule has 0 unspecified atom stereocenters. The summed E-state index contributed by atoms with van der Waals surface area (Å²) >= 11 is 0. The lowest BCUT2D eigenvalue weighted by Crippen LogP contribution is -2.15. The van der Waals surface area contributed by atoms with Crippen LogP contribution in [-0.2, 0) is 9.84 Å². The minimum Gasteiger partial charge on any atom is -0.339 e. The highest BCUT2D eigenvalue weighted by Gasteiger charge is 2.22. The Hall–Kier alpha value is -1.95. The summed E-state index contributed by atoms with van der Waals surface area (Å²) < 4.78 is 24.5. The Morgan fingerprint density at radius 1 is 1.16 bits per heavy atom. The van der Waals surface area contributed by atoms with Gasteiger partial charge in [-0.15, -0.1) is 0 Å². The lowest BCUT2D eigenvalue weighted by molar-refractivity contribution is 0.588. The van der Waals surface area contributed by atoms with E-state index in [0.29, 0.717) is 11.5 Å².